The molecule has 0 spiro atoms. The summed E-state index contributed by atoms with van der Waals surface area (Å²) in [7, 11) is 0. The van der Waals surface area contributed by atoms with Gasteiger partial charge in [0.05, 0.1) is 4.92 Å². The van der Waals surface area contributed by atoms with E-state index in [4.69, 9.17) is 4.74 Å². The van der Waals surface area contributed by atoms with Gasteiger partial charge in [-0.3, -0.25) is 10.1 Å². The van der Waals surface area contributed by atoms with Gasteiger partial charge in [-0.15, -0.1) is 0 Å². The van der Waals surface area contributed by atoms with E-state index in [1.807, 2.05) is 60.7 Å². The standard InChI is InChI=1S/C21H16FNO3/c22-20-13-18(11-12-23(24)25)19(17-9-5-2-6-10-17)14-21(20)26-15-16-7-3-1-4-8-16/h1-14H,15H2/b12-11+. The summed E-state index contributed by atoms with van der Waals surface area (Å²) in [4.78, 5) is 10.1. The van der Waals surface area contributed by atoms with E-state index >= 15 is 0 Å². The Morgan fingerprint density at radius 1 is 1.00 bits per heavy atom. The van der Waals surface area contributed by atoms with Crippen LogP contribution in [0.3, 0.4) is 0 Å². The maximum atomic E-state index is 14.4. The zero-order valence-electron chi connectivity index (χ0n) is 13.8. The van der Waals surface area contributed by atoms with Crippen LogP contribution >= 0.6 is 0 Å². The third kappa shape index (κ3) is 4.33. The largest absolute Gasteiger partial charge is 0.486 e. The molecule has 0 aliphatic rings. The molecule has 0 N–H and O–H groups in total. The van der Waals surface area contributed by atoms with E-state index in [1.54, 1.807) is 6.07 Å². The zero-order valence-corrected chi connectivity index (χ0v) is 13.8. The van der Waals surface area contributed by atoms with Crippen molar-refractivity contribution in [3.63, 3.8) is 0 Å². The smallest absolute Gasteiger partial charge is 0.235 e. The summed E-state index contributed by atoms with van der Waals surface area (Å²) in [6, 6.07) is 21.6. The van der Waals surface area contributed by atoms with E-state index < -0.39 is 10.7 Å². The lowest BCUT2D eigenvalue weighted by Crippen LogP contribution is -1.99. The van der Waals surface area contributed by atoms with Crippen molar-refractivity contribution in [3.8, 4) is 16.9 Å². The minimum Gasteiger partial charge on any atom is -0.486 e. The molecule has 0 aliphatic heterocycles. The highest BCUT2D eigenvalue weighted by Crippen LogP contribution is 2.31. The second-order valence-electron chi connectivity index (χ2n) is 5.61. The van der Waals surface area contributed by atoms with Gasteiger partial charge in [-0.25, -0.2) is 4.39 Å². The van der Waals surface area contributed by atoms with Gasteiger partial charge in [-0.1, -0.05) is 60.7 Å². The number of rotatable bonds is 6. The summed E-state index contributed by atoms with van der Waals surface area (Å²) in [5.41, 5.74) is 2.82. The zero-order chi connectivity index (χ0) is 18.4. The van der Waals surface area contributed by atoms with Gasteiger partial charge >= 0.3 is 0 Å². The molecule has 5 heteroatoms. The average Bonchev–Trinajstić information content (AvgIpc) is 2.67. The van der Waals surface area contributed by atoms with E-state index in [1.165, 1.54) is 12.1 Å². The first-order chi connectivity index (χ1) is 12.6. The Bertz CT molecular complexity index is 925. The van der Waals surface area contributed by atoms with Crippen molar-refractivity contribution >= 4 is 6.08 Å². The normalized spacial score (nSPS) is 10.8. The van der Waals surface area contributed by atoms with Crippen LogP contribution in [0.4, 0.5) is 4.39 Å². The molecule has 0 aromatic heterocycles. The van der Waals surface area contributed by atoms with Crippen LogP contribution in [0.1, 0.15) is 11.1 Å². The third-order valence-electron chi connectivity index (χ3n) is 3.80. The Kier molecular flexibility index (Phi) is 5.39. The van der Waals surface area contributed by atoms with Gasteiger partial charge in [-0.05, 0) is 34.4 Å². The molecule has 0 atom stereocenters. The van der Waals surface area contributed by atoms with Gasteiger partial charge in [0, 0.05) is 6.08 Å². The van der Waals surface area contributed by atoms with Gasteiger partial charge in [0.15, 0.2) is 11.6 Å². The molecule has 0 bridgehead atoms. The van der Waals surface area contributed by atoms with Crippen molar-refractivity contribution in [2.75, 3.05) is 0 Å². The van der Waals surface area contributed by atoms with Gasteiger partial charge in [0.1, 0.15) is 6.61 Å². The van der Waals surface area contributed by atoms with Crippen molar-refractivity contribution in [3.05, 3.63) is 106 Å². The molecule has 0 radical (unpaired) electrons. The summed E-state index contributed by atoms with van der Waals surface area (Å²) in [5.74, 6) is -0.463. The van der Waals surface area contributed by atoms with Crippen molar-refractivity contribution in [1.29, 1.82) is 0 Å². The lowest BCUT2D eigenvalue weighted by atomic mass is 9.99. The second kappa shape index (κ2) is 8.07. The minimum atomic E-state index is -0.577. The minimum absolute atomic E-state index is 0.103. The van der Waals surface area contributed by atoms with Crippen molar-refractivity contribution in [2.24, 2.45) is 0 Å². The fourth-order valence-corrected chi connectivity index (χ4v) is 2.56. The van der Waals surface area contributed by atoms with Crippen LogP contribution in [-0.2, 0) is 6.61 Å². The Hall–Kier alpha value is -3.47. The first-order valence-electron chi connectivity index (χ1n) is 8.01. The summed E-state index contributed by atoms with van der Waals surface area (Å²) in [6.45, 7) is 0.232. The fraction of sp³-hybridized carbons (Fsp3) is 0.0476. The Labute approximate surface area is 150 Å². The molecule has 3 aromatic carbocycles. The predicted molar refractivity (Wildman–Crippen MR) is 98.6 cm³/mol. The highest BCUT2D eigenvalue weighted by atomic mass is 19.1. The molecule has 4 nitrogen and oxygen atoms in total. The van der Waals surface area contributed by atoms with E-state index in [0.717, 1.165) is 17.3 Å². The average molecular weight is 349 g/mol. The van der Waals surface area contributed by atoms with Crippen molar-refractivity contribution in [2.45, 2.75) is 6.61 Å². The number of ether oxygens (including phenoxy) is 1. The molecule has 130 valence electrons. The van der Waals surface area contributed by atoms with Crippen molar-refractivity contribution in [1.82, 2.24) is 0 Å². The maximum absolute atomic E-state index is 14.4. The fourth-order valence-electron chi connectivity index (χ4n) is 2.56. The molecule has 0 aliphatic carbocycles. The molecular formula is C21H16FNO3. The molecule has 0 unspecified atom stereocenters. The van der Waals surface area contributed by atoms with Crippen molar-refractivity contribution < 1.29 is 14.1 Å². The number of halogens is 1. The SMILES string of the molecule is O=[N+]([O-])/C=C/c1cc(F)c(OCc2ccccc2)cc1-c1ccccc1. The van der Waals surface area contributed by atoms with Crippen LogP contribution in [0, 0.1) is 15.9 Å². The molecule has 0 fully saturated rings. The maximum Gasteiger partial charge on any atom is 0.235 e. The van der Waals surface area contributed by atoms with Gasteiger partial charge in [0.25, 0.3) is 0 Å². The van der Waals surface area contributed by atoms with Crippen LogP contribution < -0.4 is 4.74 Å². The molecular weight excluding hydrogens is 333 g/mol. The van der Waals surface area contributed by atoms with Crippen LogP contribution in [0.2, 0.25) is 0 Å². The van der Waals surface area contributed by atoms with E-state index in [2.05, 4.69) is 0 Å². The lowest BCUT2D eigenvalue weighted by Gasteiger charge is -2.12. The van der Waals surface area contributed by atoms with E-state index in [-0.39, 0.29) is 12.4 Å². The number of benzene rings is 3. The monoisotopic (exact) mass is 349 g/mol. The number of nitro groups is 1. The van der Waals surface area contributed by atoms with Gasteiger partial charge in [0.2, 0.25) is 6.20 Å². The molecule has 0 heterocycles. The van der Waals surface area contributed by atoms with Crippen LogP contribution in [0.15, 0.2) is 79.0 Å². The Balaban J connectivity index is 1.97. The highest BCUT2D eigenvalue weighted by Gasteiger charge is 2.12. The summed E-state index contributed by atoms with van der Waals surface area (Å²) < 4.78 is 20.1. The predicted octanol–water partition coefficient (Wildman–Crippen LogP) is 5.32. The molecule has 26 heavy (non-hydrogen) atoms. The molecule has 0 saturated carbocycles. The van der Waals surface area contributed by atoms with Crippen LogP contribution in [-0.4, -0.2) is 4.92 Å². The van der Waals surface area contributed by atoms with Gasteiger partial charge in [-0.2, -0.15) is 0 Å². The second-order valence-corrected chi connectivity index (χ2v) is 5.61. The quantitative estimate of drug-likeness (QED) is 0.447. The molecule has 0 amide bonds. The molecule has 3 aromatic rings. The highest BCUT2D eigenvalue weighted by molar-refractivity contribution is 5.76. The number of nitrogens with zero attached hydrogens (tertiary/aromatic N) is 1. The van der Waals surface area contributed by atoms with E-state index in [9.17, 15) is 14.5 Å². The van der Waals surface area contributed by atoms with Crippen LogP contribution in [0.5, 0.6) is 5.75 Å². The third-order valence-corrected chi connectivity index (χ3v) is 3.80. The molecule has 0 saturated heterocycles. The Morgan fingerprint density at radius 3 is 2.31 bits per heavy atom. The first kappa shape index (κ1) is 17.4. The first-order valence-corrected chi connectivity index (χ1v) is 8.01. The number of hydrogen-bond acceptors (Lipinski definition) is 3. The summed E-state index contributed by atoms with van der Waals surface area (Å²) in [6.07, 6.45) is 2.08. The lowest BCUT2D eigenvalue weighted by molar-refractivity contribution is -0.400. The summed E-state index contributed by atoms with van der Waals surface area (Å²) in [5, 5.41) is 10.6. The number of hydrogen-bond donors (Lipinski definition) is 0. The summed E-state index contributed by atoms with van der Waals surface area (Å²) >= 11 is 0. The molecule has 3 rings (SSSR count). The Morgan fingerprint density at radius 2 is 1.65 bits per heavy atom. The van der Waals surface area contributed by atoms with E-state index in [0.29, 0.717) is 11.1 Å². The topological polar surface area (TPSA) is 52.4 Å². The van der Waals surface area contributed by atoms with Crippen LogP contribution in [0.25, 0.3) is 17.2 Å². The van der Waals surface area contributed by atoms with Gasteiger partial charge < -0.3 is 4.74 Å².